The van der Waals surface area contributed by atoms with Crippen LogP contribution in [0.25, 0.3) is 66.1 Å². The Labute approximate surface area is 250 Å². The third-order valence-electron chi connectivity index (χ3n) is 9.07. The quantitative estimate of drug-likeness (QED) is 0.203. The molecular weight excluding hydrogens is 537 g/mol. The number of hydrogen-bond donors (Lipinski definition) is 1. The van der Waals surface area contributed by atoms with Gasteiger partial charge in [-0.25, -0.2) is 8.78 Å². The van der Waals surface area contributed by atoms with Crippen LogP contribution in [0.2, 0.25) is 0 Å². The van der Waals surface area contributed by atoms with E-state index in [0.29, 0.717) is 11.1 Å². The fourth-order valence-electron chi connectivity index (χ4n) is 6.17. The van der Waals surface area contributed by atoms with Gasteiger partial charge in [-0.15, -0.1) is 0 Å². The molecule has 0 amide bonds. The lowest BCUT2D eigenvalue weighted by atomic mass is 9.79. The summed E-state index contributed by atoms with van der Waals surface area (Å²) in [5.74, 6) is -0.624. The number of fused-ring (bicyclic) bond motifs is 4. The zero-order valence-electron chi connectivity index (χ0n) is 24.5. The van der Waals surface area contributed by atoms with Crippen molar-refractivity contribution in [2.75, 3.05) is 0 Å². The van der Waals surface area contributed by atoms with E-state index in [2.05, 4.69) is 6.07 Å². The average molecular weight is 567 g/mol. The Hall–Kier alpha value is -4.32. The summed E-state index contributed by atoms with van der Waals surface area (Å²) in [5.41, 5.74) is 5.22. The first kappa shape index (κ1) is 27.5. The molecule has 1 aliphatic carbocycles. The lowest BCUT2D eigenvalue weighted by Gasteiger charge is -2.37. The van der Waals surface area contributed by atoms with Gasteiger partial charge in [-0.05, 0) is 89.1 Å². The topological polar surface area (TPSA) is 29.5 Å². The van der Waals surface area contributed by atoms with Crippen LogP contribution in [-0.4, -0.2) is 23.8 Å². The van der Waals surface area contributed by atoms with E-state index in [1.165, 1.54) is 12.1 Å². The monoisotopic (exact) mass is 567 g/mol. The molecule has 2 nitrogen and oxygen atoms in total. The van der Waals surface area contributed by atoms with Crippen molar-refractivity contribution in [1.82, 2.24) is 0 Å². The highest BCUT2D eigenvalue weighted by Crippen LogP contribution is 2.57. The van der Waals surface area contributed by atoms with Gasteiger partial charge in [-0.3, -0.25) is 0 Å². The Bertz CT molecular complexity index is 1980. The SMILES string of the molecule is CC(C)(O)C(C)(C)O[B]c1ccc2c3c(cccc13)-c1c-2c(-c2ccccc2F)c2ccccc2c1-c1ccccc1F. The van der Waals surface area contributed by atoms with E-state index in [0.717, 1.165) is 60.4 Å². The van der Waals surface area contributed by atoms with Crippen molar-refractivity contribution < 1.29 is 18.5 Å². The molecule has 0 fully saturated rings. The van der Waals surface area contributed by atoms with Crippen molar-refractivity contribution in [3.8, 4) is 44.5 Å². The zero-order valence-corrected chi connectivity index (χ0v) is 24.5. The van der Waals surface area contributed by atoms with Crippen LogP contribution < -0.4 is 5.46 Å². The molecule has 1 N–H and O–H groups in total. The molecule has 1 radical (unpaired) electrons. The summed E-state index contributed by atoms with van der Waals surface area (Å²) in [4.78, 5) is 0. The maximum absolute atomic E-state index is 15.6. The summed E-state index contributed by atoms with van der Waals surface area (Å²) in [6.45, 7) is 7.16. The highest BCUT2D eigenvalue weighted by atomic mass is 19.1. The third kappa shape index (κ3) is 4.22. The van der Waals surface area contributed by atoms with Gasteiger partial charge < -0.3 is 9.76 Å². The standard InChI is InChI=1S/C38H30BF2O2/c1-37(2,42)38(3,4)43-39-29-21-20-28-32-24(29)16-11-17-27(32)35-33(25-14-7-9-18-30(25)40)22-12-5-6-13-23(22)34(36(28)35)26-15-8-10-19-31(26)41/h5-21,42H,1-4H3. The van der Waals surface area contributed by atoms with Crippen molar-refractivity contribution in [3.63, 3.8) is 0 Å². The number of rotatable bonds is 6. The second kappa shape index (κ2) is 9.87. The molecule has 0 unspecified atom stereocenters. The second-order valence-electron chi connectivity index (χ2n) is 12.2. The van der Waals surface area contributed by atoms with Crippen LogP contribution in [-0.2, 0) is 4.65 Å². The molecule has 7 rings (SSSR count). The Kier molecular flexibility index (Phi) is 6.32. The third-order valence-corrected chi connectivity index (χ3v) is 9.07. The van der Waals surface area contributed by atoms with Crippen LogP contribution >= 0.6 is 0 Å². The van der Waals surface area contributed by atoms with Gasteiger partial charge >= 0.3 is 7.48 Å². The minimum atomic E-state index is -1.07. The van der Waals surface area contributed by atoms with Gasteiger partial charge in [0.1, 0.15) is 11.6 Å². The van der Waals surface area contributed by atoms with E-state index in [4.69, 9.17) is 4.65 Å². The lowest BCUT2D eigenvalue weighted by molar-refractivity contribution is -0.0893. The van der Waals surface area contributed by atoms with E-state index in [1.54, 1.807) is 33.5 Å². The fraction of sp³-hybridized carbons (Fsp3) is 0.158. The van der Waals surface area contributed by atoms with Crippen molar-refractivity contribution in [3.05, 3.63) is 115 Å². The minimum Gasteiger partial charge on any atom is -0.427 e. The lowest BCUT2D eigenvalue weighted by Crippen LogP contribution is -2.49. The number of hydrogen-bond acceptors (Lipinski definition) is 2. The maximum Gasteiger partial charge on any atom is 0.331 e. The molecule has 6 aromatic rings. The highest BCUT2D eigenvalue weighted by Gasteiger charge is 2.37. The van der Waals surface area contributed by atoms with Gasteiger partial charge in [0.2, 0.25) is 0 Å². The number of halogens is 2. The van der Waals surface area contributed by atoms with Gasteiger partial charge in [0.15, 0.2) is 0 Å². The predicted octanol–water partition coefficient (Wildman–Crippen LogP) is 9.06. The summed E-state index contributed by atoms with van der Waals surface area (Å²) >= 11 is 0. The molecule has 0 aliphatic heterocycles. The largest absolute Gasteiger partial charge is 0.427 e. The average Bonchev–Trinajstić information content (AvgIpc) is 3.31. The van der Waals surface area contributed by atoms with Crippen molar-refractivity contribution >= 4 is 34.5 Å². The van der Waals surface area contributed by atoms with Crippen molar-refractivity contribution in [2.24, 2.45) is 0 Å². The summed E-state index contributed by atoms with van der Waals surface area (Å²) in [7, 11) is 1.70. The molecule has 0 heterocycles. The maximum atomic E-state index is 15.6. The minimum absolute atomic E-state index is 0.312. The van der Waals surface area contributed by atoms with Crippen LogP contribution in [0, 0.1) is 11.6 Å². The summed E-state index contributed by atoms with van der Waals surface area (Å²) < 4.78 is 37.5. The first-order valence-corrected chi connectivity index (χ1v) is 14.5. The fourth-order valence-corrected chi connectivity index (χ4v) is 6.17. The van der Waals surface area contributed by atoms with Gasteiger partial charge in [0, 0.05) is 22.3 Å². The van der Waals surface area contributed by atoms with Gasteiger partial charge in [-0.1, -0.05) is 91.0 Å². The molecular formula is C38H30BF2O2. The Balaban J connectivity index is 1.59. The molecule has 0 spiro atoms. The normalized spacial score (nSPS) is 12.6. The first-order chi connectivity index (χ1) is 20.6. The van der Waals surface area contributed by atoms with E-state index >= 15 is 8.78 Å². The van der Waals surface area contributed by atoms with Gasteiger partial charge in [0.25, 0.3) is 0 Å². The first-order valence-electron chi connectivity index (χ1n) is 14.5. The van der Waals surface area contributed by atoms with Crippen LogP contribution in [0.1, 0.15) is 27.7 Å². The molecule has 0 saturated heterocycles. The van der Waals surface area contributed by atoms with E-state index in [1.807, 2.05) is 86.6 Å². The molecule has 211 valence electrons. The van der Waals surface area contributed by atoms with Gasteiger partial charge in [0.05, 0.1) is 11.2 Å². The molecule has 0 saturated carbocycles. The van der Waals surface area contributed by atoms with Crippen molar-refractivity contribution in [2.45, 2.75) is 38.9 Å². The highest BCUT2D eigenvalue weighted by molar-refractivity contribution is 6.52. The molecule has 1 aliphatic rings. The molecule has 43 heavy (non-hydrogen) atoms. The summed E-state index contributed by atoms with van der Waals surface area (Å²) in [6, 6.07) is 31.7. The van der Waals surface area contributed by atoms with Crippen LogP contribution in [0.4, 0.5) is 8.78 Å². The van der Waals surface area contributed by atoms with Crippen molar-refractivity contribution in [1.29, 1.82) is 0 Å². The molecule has 6 aromatic carbocycles. The summed E-state index contributed by atoms with van der Waals surface area (Å²) in [5, 5.41) is 14.3. The molecule has 5 heteroatoms. The van der Waals surface area contributed by atoms with Crippen LogP contribution in [0.5, 0.6) is 0 Å². The molecule has 0 aromatic heterocycles. The molecule has 0 atom stereocenters. The predicted molar refractivity (Wildman–Crippen MR) is 174 cm³/mol. The van der Waals surface area contributed by atoms with E-state index < -0.39 is 11.2 Å². The number of aliphatic hydroxyl groups is 1. The molecule has 0 bridgehead atoms. The van der Waals surface area contributed by atoms with Crippen LogP contribution in [0.3, 0.4) is 0 Å². The zero-order chi connectivity index (χ0) is 30.1. The summed E-state index contributed by atoms with van der Waals surface area (Å²) in [6.07, 6.45) is 0. The second-order valence-corrected chi connectivity index (χ2v) is 12.2. The Morgan fingerprint density at radius 1 is 0.535 bits per heavy atom. The Morgan fingerprint density at radius 3 is 1.53 bits per heavy atom. The van der Waals surface area contributed by atoms with Gasteiger partial charge in [-0.2, -0.15) is 0 Å². The number of benzene rings is 6. The smallest absolute Gasteiger partial charge is 0.331 e. The Morgan fingerprint density at radius 2 is 1.00 bits per heavy atom. The van der Waals surface area contributed by atoms with Crippen LogP contribution in [0.15, 0.2) is 103 Å². The van der Waals surface area contributed by atoms with E-state index in [9.17, 15) is 5.11 Å². The van der Waals surface area contributed by atoms with E-state index in [-0.39, 0.29) is 11.6 Å².